The minimum Gasteiger partial charge on any atom is -0.496 e. The van der Waals surface area contributed by atoms with Gasteiger partial charge in [0, 0.05) is 12.1 Å². The Bertz CT molecular complexity index is 735. The van der Waals surface area contributed by atoms with Gasteiger partial charge in [0.15, 0.2) is 5.82 Å². The second-order valence-corrected chi connectivity index (χ2v) is 4.63. The van der Waals surface area contributed by atoms with Crippen LogP contribution in [0.5, 0.6) is 5.75 Å². The quantitative estimate of drug-likeness (QED) is 0.744. The van der Waals surface area contributed by atoms with Crippen molar-refractivity contribution in [1.29, 1.82) is 0 Å². The molecule has 2 aromatic carbocycles. The Hall–Kier alpha value is -2.82. The van der Waals surface area contributed by atoms with Crippen LogP contribution in [0.15, 0.2) is 53.1 Å². The van der Waals surface area contributed by atoms with Crippen LogP contribution >= 0.6 is 0 Å². The van der Waals surface area contributed by atoms with Crippen LogP contribution in [0.3, 0.4) is 0 Å². The zero-order chi connectivity index (χ0) is 14.7. The fourth-order valence-electron chi connectivity index (χ4n) is 2.07. The van der Waals surface area contributed by atoms with Gasteiger partial charge in [-0.2, -0.15) is 4.98 Å². The Kier molecular flexibility index (Phi) is 3.55. The van der Waals surface area contributed by atoms with Crippen LogP contribution in [-0.2, 0) is 6.42 Å². The maximum Gasteiger partial charge on any atom is 0.261 e. The van der Waals surface area contributed by atoms with E-state index in [2.05, 4.69) is 10.1 Å². The van der Waals surface area contributed by atoms with E-state index in [1.807, 2.05) is 48.5 Å². The van der Waals surface area contributed by atoms with Gasteiger partial charge in [-0.15, -0.1) is 0 Å². The van der Waals surface area contributed by atoms with Gasteiger partial charge in [-0.1, -0.05) is 29.4 Å². The Morgan fingerprint density at radius 2 is 1.86 bits per heavy atom. The molecule has 1 heterocycles. The summed E-state index contributed by atoms with van der Waals surface area (Å²) in [5, 5.41) is 4.01. The lowest BCUT2D eigenvalue weighted by molar-refractivity contribution is 0.403. The molecule has 0 bridgehead atoms. The van der Waals surface area contributed by atoms with Crippen molar-refractivity contribution in [3.8, 4) is 17.2 Å². The van der Waals surface area contributed by atoms with Crippen LogP contribution in [0.4, 0.5) is 5.69 Å². The molecule has 0 unspecified atom stereocenters. The van der Waals surface area contributed by atoms with E-state index >= 15 is 0 Å². The minimum atomic E-state index is 0.456. The van der Waals surface area contributed by atoms with Gasteiger partial charge in [0.1, 0.15) is 5.75 Å². The third-order valence-electron chi connectivity index (χ3n) is 3.15. The maximum atomic E-state index is 5.67. The summed E-state index contributed by atoms with van der Waals surface area (Å²) in [4.78, 5) is 4.42. The predicted octanol–water partition coefficient (Wildman–Crippen LogP) is 2.92. The van der Waals surface area contributed by atoms with Crippen molar-refractivity contribution in [1.82, 2.24) is 10.1 Å². The van der Waals surface area contributed by atoms with Crippen LogP contribution in [0, 0.1) is 0 Å². The Morgan fingerprint density at radius 1 is 1.10 bits per heavy atom. The fourth-order valence-corrected chi connectivity index (χ4v) is 2.07. The Labute approximate surface area is 122 Å². The molecule has 21 heavy (non-hydrogen) atoms. The van der Waals surface area contributed by atoms with Crippen LogP contribution in [0.1, 0.15) is 11.4 Å². The lowest BCUT2D eigenvalue weighted by atomic mass is 10.1. The van der Waals surface area contributed by atoms with Crippen molar-refractivity contribution >= 4 is 5.69 Å². The molecule has 0 aliphatic rings. The van der Waals surface area contributed by atoms with E-state index in [1.54, 1.807) is 7.11 Å². The number of anilines is 1. The summed E-state index contributed by atoms with van der Waals surface area (Å²) in [7, 11) is 1.62. The average molecular weight is 281 g/mol. The normalized spacial score (nSPS) is 10.5. The molecule has 0 fully saturated rings. The van der Waals surface area contributed by atoms with Crippen molar-refractivity contribution in [3.63, 3.8) is 0 Å². The average Bonchev–Trinajstić information content (AvgIpc) is 2.98. The topological polar surface area (TPSA) is 74.2 Å². The second kappa shape index (κ2) is 5.66. The molecular weight excluding hydrogens is 266 g/mol. The highest BCUT2D eigenvalue weighted by atomic mass is 16.5. The molecule has 0 spiro atoms. The lowest BCUT2D eigenvalue weighted by Crippen LogP contribution is -1.92. The minimum absolute atomic E-state index is 0.456. The molecule has 1 aromatic heterocycles. The highest BCUT2D eigenvalue weighted by molar-refractivity contribution is 5.62. The first-order valence-electron chi connectivity index (χ1n) is 6.56. The van der Waals surface area contributed by atoms with Gasteiger partial charge in [-0.25, -0.2) is 0 Å². The fraction of sp³-hybridized carbons (Fsp3) is 0.125. The number of para-hydroxylation sites is 1. The largest absolute Gasteiger partial charge is 0.496 e. The number of methoxy groups -OCH3 is 1. The van der Waals surface area contributed by atoms with Gasteiger partial charge in [0.05, 0.1) is 12.7 Å². The summed E-state index contributed by atoms with van der Waals surface area (Å²) >= 11 is 0. The number of aromatic nitrogens is 2. The SMILES string of the molecule is COc1ccccc1-c1nc(Cc2ccc(N)cc2)no1. The number of hydrogen-bond acceptors (Lipinski definition) is 5. The zero-order valence-electron chi connectivity index (χ0n) is 11.6. The summed E-state index contributed by atoms with van der Waals surface area (Å²) < 4.78 is 10.6. The van der Waals surface area contributed by atoms with Gasteiger partial charge in [0.2, 0.25) is 0 Å². The van der Waals surface area contributed by atoms with E-state index in [0.717, 1.165) is 16.8 Å². The molecule has 0 aliphatic heterocycles. The molecule has 0 amide bonds. The molecule has 0 atom stereocenters. The van der Waals surface area contributed by atoms with Crippen LogP contribution in [-0.4, -0.2) is 17.3 Å². The Balaban J connectivity index is 1.84. The van der Waals surface area contributed by atoms with E-state index < -0.39 is 0 Å². The van der Waals surface area contributed by atoms with Crippen LogP contribution in [0.25, 0.3) is 11.5 Å². The van der Waals surface area contributed by atoms with Crippen LogP contribution in [0.2, 0.25) is 0 Å². The zero-order valence-corrected chi connectivity index (χ0v) is 11.6. The summed E-state index contributed by atoms with van der Waals surface area (Å²) in [6, 6.07) is 15.2. The van der Waals surface area contributed by atoms with Crippen molar-refractivity contribution in [2.45, 2.75) is 6.42 Å². The molecule has 3 rings (SSSR count). The first-order valence-corrected chi connectivity index (χ1v) is 6.56. The summed E-state index contributed by atoms with van der Waals surface area (Å²) in [6.45, 7) is 0. The summed E-state index contributed by atoms with van der Waals surface area (Å²) in [5.41, 5.74) is 8.27. The van der Waals surface area contributed by atoms with E-state index in [9.17, 15) is 0 Å². The standard InChI is InChI=1S/C16H15N3O2/c1-20-14-5-3-2-4-13(14)16-18-15(19-21-16)10-11-6-8-12(17)9-7-11/h2-9H,10,17H2,1H3. The molecule has 106 valence electrons. The van der Waals surface area contributed by atoms with Gasteiger partial charge in [-0.05, 0) is 29.8 Å². The van der Waals surface area contributed by atoms with E-state index in [4.69, 9.17) is 15.0 Å². The number of hydrogen-bond donors (Lipinski definition) is 1. The highest BCUT2D eigenvalue weighted by Crippen LogP contribution is 2.28. The van der Waals surface area contributed by atoms with E-state index in [0.29, 0.717) is 23.9 Å². The van der Waals surface area contributed by atoms with Gasteiger partial charge in [-0.3, -0.25) is 0 Å². The number of nitrogen functional groups attached to an aromatic ring is 1. The lowest BCUT2D eigenvalue weighted by Gasteiger charge is -2.02. The highest BCUT2D eigenvalue weighted by Gasteiger charge is 2.13. The molecule has 5 heteroatoms. The van der Waals surface area contributed by atoms with Crippen molar-refractivity contribution in [2.75, 3.05) is 12.8 Å². The van der Waals surface area contributed by atoms with Crippen molar-refractivity contribution in [3.05, 3.63) is 59.9 Å². The molecule has 2 N–H and O–H groups in total. The third-order valence-corrected chi connectivity index (χ3v) is 3.15. The second-order valence-electron chi connectivity index (χ2n) is 4.63. The van der Waals surface area contributed by atoms with Crippen LogP contribution < -0.4 is 10.5 Å². The first-order chi connectivity index (χ1) is 10.3. The molecule has 0 radical (unpaired) electrons. The molecule has 5 nitrogen and oxygen atoms in total. The number of rotatable bonds is 4. The van der Waals surface area contributed by atoms with Gasteiger partial charge < -0.3 is 15.0 Å². The molecule has 3 aromatic rings. The van der Waals surface area contributed by atoms with E-state index in [1.165, 1.54) is 0 Å². The van der Waals surface area contributed by atoms with Gasteiger partial charge >= 0.3 is 0 Å². The summed E-state index contributed by atoms with van der Waals surface area (Å²) in [6.07, 6.45) is 0.596. The smallest absolute Gasteiger partial charge is 0.261 e. The molecule has 0 saturated carbocycles. The first kappa shape index (κ1) is 13.2. The number of benzene rings is 2. The summed E-state index contributed by atoms with van der Waals surface area (Å²) in [5.74, 6) is 1.79. The molecule has 0 aliphatic carbocycles. The monoisotopic (exact) mass is 281 g/mol. The third kappa shape index (κ3) is 2.86. The number of nitrogens with two attached hydrogens (primary N) is 1. The van der Waals surface area contributed by atoms with Gasteiger partial charge in [0.25, 0.3) is 5.89 Å². The van der Waals surface area contributed by atoms with E-state index in [-0.39, 0.29) is 0 Å². The number of ether oxygens (including phenoxy) is 1. The molecular formula is C16H15N3O2. The number of nitrogens with zero attached hydrogens (tertiary/aromatic N) is 2. The Morgan fingerprint density at radius 3 is 2.62 bits per heavy atom. The van der Waals surface area contributed by atoms with Crippen molar-refractivity contribution in [2.24, 2.45) is 0 Å². The van der Waals surface area contributed by atoms with Crippen molar-refractivity contribution < 1.29 is 9.26 Å². The maximum absolute atomic E-state index is 5.67. The predicted molar refractivity (Wildman–Crippen MR) is 79.9 cm³/mol. The molecule has 0 saturated heterocycles.